The first-order valence-electron chi connectivity index (χ1n) is 11.6. The van der Waals surface area contributed by atoms with E-state index in [1.54, 1.807) is 0 Å². The van der Waals surface area contributed by atoms with Crippen molar-refractivity contribution in [3.63, 3.8) is 0 Å². The van der Waals surface area contributed by atoms with Crippen LogP contribution in [-0.4, -0.2) is 29.0 Å². The first-order chi connectivity index (χ1) is 15.6. The number of nitrogens with one attached hydrogen (secondary N) is 1. The molecule has 2 amide bonds. The fourth-order valence-electron chi connectivity index (χ4n) is 5.17. The summed E-state index contributed by atoms with van der Waals surface area (Å²) in [5.41, 5.74) is 2.60. The van der Waals surface area contributed by atoms with Gasteiger partial charge in [-0.2, -0.15) is 0 Å². The fourth-order valence-corrected chi connectivity index (χ4v) is 5.44. The lowest BCUT2D eigenvalue weighted by molar-refractivity contribution is -0.119. The van der Waals surface area contributed by atoms with E-state index >= 15 is 0 Å². The molecule has 1 N–H and O–H groups in total. The van der Waals surface area contributed by atoms with Gasteiger partial charge in [0.1, 0.15) is 0 Å². The number of piperidine rings is 1. The number of amides is 2. The van der Waals surface area contributed by atoms with E-state index in [4.69, 9.17) is 11.6 Å². The van der Waals surface area contributed by atoms with Crippen molar-refractivity contribution < 1.29 is 9.59 Å². The monoisotopic (exact) mass is 449 g/mol. The van der Waals surface area contributed by atoms with Crippen LogP contribution in [0.15, 0.2) is 54.7 Å². The van der Waals surface area contributed by atoms with Gasteiger partial charge in [0.25, 0.3) is 5.91 Å². The summed E-state index contributed by atoms with van der Waals surface area (Å²) in [7, 11) is 0. The van der Waals surface area contributed by atoms with Crippen LogP contribution in [0, 0.1) is 0 Å². The Kier molecular flexibility index (Phi) is 5.92. The highest BCUT2D eigenvalue weighted by Gasteiger charge is 2.29. The number of hydrogen-bond acceptors (Lipinski definition) is 2. The molecule has 2 unspecified atom stereocenters. The molecule has 166 valence electrons. The van der Waals surface area contributed by atoms with E-state index in [2.05, 4.69) is 16.0 Å². The molecule has 1 aromatic heterocycles. The smallest absolute Gasteiger partial charge is 0.251 e. The van der Waals surface area contributed by atoms with Gasteiger partial charge in [-0.3, -0.25) is 9.59 Å². The molecule has 2 aromatic carbocycles. The standard InChI is InChI=1S/C26H28ClN3O2/c27-21-17-30(23-9-3-1-7-20(21)23)24-10-4-2-8-22(24)28-26(32)18-12-14-19(15-13-18)29-16-6-5-11-25(29)31/h1,3,7,9,12-15,17,22,24H,2,4-6,8,10-11,16H2,(H,28,32). The second-order valence-corrected chi connectivity index (χ2v) is 9.29. The average Bonchev–Trinajstić information content (AvgIpc) is 3.16. The van der Waals surface area contributed by atoms with Crippen molar-refractivity contribution in [2.45, 2.75) is 57.0 Å². The van der Waals surface area contributed by atoms with E-state index in [1.807, 2.05) is 53.6 Å². The van der Waals surface area contributed by atoms with Crippen LogP contribution < -0.4 is 10.2 Å². The van der Waals surface area contributed by atoms with Gasteiger partial charge in [-0.15, -0.1) is 0 Å². The third kappa shape index (κ3) is 4.02. The normalized spacial score (nSPS) is 21.7. The molecule has 5 rings (SSSR count). The lowest BCUT2D eigenvalue weighted by Gasteiger charge is -2.34. The molecule has 6 heteroatoms. The van der Waals surface area contributed by atoms with Crippen LogP contribution in [0.5, 0.6) is 0 Å². The number of anilines is 1. The minimum absolute atomic E-state index is 0.0477. The Bertz CT molecular complexity index is 1140. The SMILES string of the molecule is O=C(NC1CCCCC1n1cc(Cl)c2ccccc21)c1ccc(N2CCCCC2=O)cc1. The van der Waals surface area contributed by atoms with Gasteiger partial charge in [0.15, 0.2) is 0 Å². The van der Waals surface area contributed by atoms with Gasteiger partial charge in [-0.25, -0.2) is 0 Å². The summed E-state index contributed by atoms with van der Waals surface area (Å²) in [4.78, 5) is 27.1. The largest absolute Gasteiger partial charge is 0.347 e. The molecular weight excluding hydrogens is 422 g/mol. The van der Waals surface area contributed by atoms with Gasteiger partial charge in [-0.1, -0.05) is 42.6 Å². The molecule has 0 bridgehead atoms. The second kappa shape index (κ2) is 8.99. The van der Waals surface area contributed by atoms with Crippen LogP contribution in [0.3, 0.4) is 0 Å². The second-order valence-electron chi connectivity index (χ2n) is 8.88. The number of carbonyl (C=O) groups excluding carboxylic acids is 2. The Balaban J connectivity index is 1.34. The molecule has 2 heterocycles. The highest BCUT2D eigenvalue weighted by atomic mass is 35.5. The first kappa shape index (κ1) is 21.1. The van der Waals surface area contributed by atoms with Crippen LogP contribution in [0.25, 0.3) is 10.9 Å². The van der Waals surface area contributed by atoms with Gasteiger partial charge in [0.05, 0.1) is 11.1 Å². The van der Waals surface area contributed by atoms with E-state index in [9.17, 15) is 9.59 Å². The predicted octanol–water partition coefficient (Wildman–Crippen LogP) is 5.73. The zero-order valence-corrected chi connectivity index (χ0v) is 18.9. The molecule has 0 radical (unpaired) electrons. The molecule has 2 aliphatic rings. The zero-order valence-electron chi connectivity index (χ0n) is 18.1. The number of carbonyl (C=O) groups is 2. The van der Waals surface area contributed by atoms with Crippen LogP contribution in [-0.2, 0) is 4.79 Å². The Morgan fingerprint density at radius 1 is 0.969 bits per heavy atom. The van der Waals surface area contributed by atoms with E-state index < -0.39 is 0 Å². The Hall–Kier alpha value is -2.79. The quantitative estimate of drug-likeness (QED) is 0.553. The highest BCUT2D eigenvalue weighted by Crippen LogP contribution is 2.35. The van der Waals surface area contributed by atoms with E-state index in [-0.39, 0.29) is 23.9 Å². The lowest BCUT2D eigenvalue weighted by Crippen LogP contribution is -2.43. The zero-order chi connectivity index (χ0) is 22.1. The van der Waals surface area contributed by atoms with Gasteiger partial charge in [-0.05, 0) is 56.0 Å². The molecule has 3 aromatic rings. The van der Waals surface area contributed by atoms with Crippen LogP contribution in [0.4, 0.5) is 5.69 Å². The number of aromatic nitrogens is 1. The third-order valence-corrected chi connectivity index (χ3v) is 7.16. The predicted molar refractivity (Wildman–Crippen MR) is 128 cm³/mol. The number of fused-ring (bicyclic) bond motifs is 1. The summed E-state index contributed by atoms with van der Waals surface area (Å²) in [6.45, 7) is 0.752. The summed E-state index contributed by atoms with van der Waals surface area (Å²) < 4.78 is 2.24. The molecule has 1 saturated heterocycles. The topological polar surface area (TPSA) is 54.3 Å². The van der Waals surface area contributed by atoms with E-state index in [1.165, 1.54) is 0 Å². The van der Waals surface area contributed by atoms with Crippen molar-refractivity contribution >= 4 is 40.0 Å². The Labute approximate surface area is 193 Å². The van der Waals surface area contributed by atoms with Crippen molar-refractivity contribution in [1.29, 1.82) is 0 Å². The molecule has 1 aliphatic heterocycles. The van der Waals surface area contributed by atoms with Crippen LogP contribution >= 0.6 is 11.6 Å². The fraction of sp³-hybridized carbons (Fsp3) is 0.385. The van der Waals surface area contributed by atoms with Crippen molar-refractivity contribution in [3.05, 3.63) is 65.3 Å². The maximum absolute atomic E-state index is 13.1. The number of rotatable bonds is 4. The van der Waals surface area contributed by atoms with Gasteiger partial charge >= 0.3 is 0 Å². The highest BCUT2D eigenvalue weighted by molar-refractivity contribution is 6.35. The van der Waals surface area contributed by atoms with Gasteiger partial charge < -0.3 is 14.8 Å². The molecule has 1 aliphatic carbocycles. The number of para-hydroxylation sites is 1. The minimum Gasteiger partial charge on any atom is -0.347 e. The maximum Gasteiger partial charge on any atom is 0.251 e. The van der Waals surface area contributed by atoms with Crippen LogP contribution in [0.1, 0.15) is 61.3 Å². The Morgan fingerprint density at radius 2 is 1.75 bits per heavy atom. The lowest BCUT2D eigenvalue weighted by atomic mass is 9.89. The van der Waals surface area contributed by atoms with E-state index in [0.29, 0.717) is 12.0 Å². The van der Waals surface area contributed by atoms with Crippen molar-refractivity contribution in [2.75, 3.05) is 11.4 Å². The first-order valence-corrected chi connectivity index (χ1v) is 12.0. The van der Waals surface area contributed by atoms with Gasteiger partial charge in [0, 0.05) is 47.4 Å². The van der Waals surface area contributed by atoms with Gasteiger partial charge in [0.2, 0.25) is 5.91 Å². The number of nitrogens with zero attached hydrogens (tertiary/aromatic N) is 2. The van der Waals surface area contributed by atoms with Crippen molar-refractivity contribution in [2.24, 2.45) is 0 Å². The van der Waals surface area contributed by atoms with Crippen molar-refractivity contribution in [1.82, 2.24) is 9.88 Å². The molecular formula is C26H28ClN3O2. The molecule has 0 spiro atoms. The molecule has 2 atom stereocenters. The maximum atomic E-state index is 13.1. The summed E-state index contributed by atoms with van der Waals surface area (Å²) >= 11 is 6.50. The van der Waals surface area contributed by atoms with Crippen LogP contribution in [0.2, 0.25) is 5.02 Å². The summed E-state index contributed by atoms with van der Waals surface area (Å²) in [5.74, 6) is 0.0945. The summed E-state index contributed by atoms with van der Waals surface area (Å²) in [6.07, 6.45) is 8.78. The molecule has 2 fully saturated rings. The Morgan fingerprint density at radius 3 is 2.56 bits per heavy atom. The van der Waals surface area contributed by atoms with E-state index in [0.717, 1.165) is 66.7 Å². The summed E-state index contributed by atoms with van der Waals surface area (Å²) in [5, 5.41) is 5.08. The molecule has 5 nitrogen and oxygen atoms in total. The van der Waals surface area contributed by atoms with Crippen molar-refractivity contribution in [3.8, 4) is 0 Å². The number of hydrogen-bond donors (Lipinski definition) is 1. The summed E-state index contributed by atoms with van der Waals surface area (Å²) in [6, 6.07) is 15.8. The average molecular weight is 450 g/mol. The molecule has 1 saturated carbocycles. The third-order valence-electron chi connectivity index (χ3n) is 6.86. The number of benzene rings is 2. The minimum atomic E-state index is -0.0685. The number of halogens is 1. The molecule has 32 heavy (non-hydrogen) atoms.